The highest BCUT2D eigenvalue weighted by Gasteiger charge is 2.34. The third-order valence-corrected chi connectivity index (χ3v) is 5.67. The number of hydrogen-bond acceptors (Lipinski definition) is 2. The number of ether oxygens (including phenoxy) is 1. The lowest BCUT2D eigenvalue weighted by atomic mass is 9.74. The van der Waals surface area contributed by atoms with Crippen molar-refractivity contribution in [1.82, 2.24) is 10.6 Å². The Hall–Kier alpha value is -1.31. The fourth-order valence-electron chi connectivity index (χ4n) is 3.61. The minimum Gasteiger partial charge on any atom is -0.381 e. The smallest absolute Gasteiger partial charge is 0.191 e. The predicted octanol–water partition coefficient (Wildman–Crippen LogP) is 4.41. The summed E-state index contributed by atoms with van der Waals surface area (Å²) >= 11 is 6.24. The van der Waals surface area contributed by atoms with Crippen LogP contribution in [0.2, 0.25) is 5.02 Å². The normalized spacial score (nSPS) is 16.1. The number of halogens is 2. The molecule has 28 heavy (non-hydrogen) atoms. The molecule has 0 unspecified atom stereocenters. The van der Waals surface area contributed by atoms with Crippen molar-refractivity contribution in [3.05, 3.63) is 70.7 Å². The van der Waals surface area contributed by atoms with E-state index in [4.69, 9.17) is 16.3 Å². The molecule has 4 nitrogen and oxygen atoms in total. The zero-order chi connectivity index (χ0) is 19.0. The second-order valence-electron chi connectivity index (χ2n) is 6.95. The summed E-state index contributed by atoms with van der Waals surface area (Å²) in [6.07, 6.45) is 2.89. The first-order valence-electron chi connectivity index (χ1n) is 9.55. The molecule has 2 aromatic rings. The van der Waals surface area contributed by atoms with Crippen molar-refractivity contribution in [2.45, 2.75) is 24.7 Å². The molecular formula is C22H29ClIN3O. The molecule has 0 amide bonds. The van der Waals surface area contributed by atoms with Crippen molar-refractivity contribution in [1.29, 1.82) is 0 Å². The average Bonchev–Trinajstić information content (AvgIpc) is 2.73. The van der Waals surface area contributed by atoms with Crippen LogP contribution in [0.15, 0.2) is 59.6 Å². The number of hydrogen-bond donors (Lipinski definition) is 2. The Balaban J connectivity index is 0.00000280. The van der Waals surface area contributed by atoms with Crippen molar-refractivity contribution in [2.24, 2.45) is 4.99 Å². The Kier molecular flexibility index (Phi) is 9.55. The third kappa shape index (κ3) is 6.09. The van der Waals surface area contributed by atoms with Gasteiger partial charge in [0, 0.05) is 43.8 Å². The molecule has 1 fully saturated rings. The minimum absolute atomic E-state index is 0. The van der Waals surface area contributed by atoms with Gasteiger partial charge >= 0.3 is 0 Å². The Bertz CT molecular complexity index is 748. The van der Waals surface area contributed by atoms with Crippen molar-refractivity contribution < 1.29 is 4.74 Å². The number of aliphatic imine (C=N–C) groups is 1. The van der Waals surface area contributed by atoms with E-state index < -0.39 is 0 Å². The highest BCUT2D eigenvalue weighted by Crippen LogP contribution is 2.34. The van der Waals surface area contributed by atoms with Gasteiger partial charge in [-0.1, -0.05) is 60.1 Å². The maximum absolute atomic E-state index is 6.24. The molecule has 152 valence electrons. The average molecular weight is 514 g/mol. The molecule has 2 N–H and O–H groups in total. The summed E-state index contributed by atoms with van der Waals surface area (Å²) in [6.45, 7) is 3.22. The van der Waals surface area contributed by atoms with E-state index in [-0.39, 0.29) is 29.4 Å². The highest BCUT2D eigenvalue weighted by molar-refractivity contribution is 14.0. The largest absolute Gasteiger partial charge is 0.381 e. The maximum atomic E-state index is 6.24. The van der Waals surface area contributed by atoms with Crippen LogP contribution in [-0.4, -0.2) is 39.3 Å². The molecule has 1 aliphatic heterocycles. The summed E-state index contributed by atoms with van der Waals surface area (Å²) < 4.78 is 5.62. The van der Waals surface area contributed by atoms with Gasteiger partial charge in [0.1, 0.15) is 0 Å². The topological polar surface area (TPSA) is 45.7 Å². The van der Waals surface area contributed by atoms with Crippen LogP contribution in [-0.2, 0) is 16.6 Å². The van der Waals surface area contributed by atoms with Gasteiger partial charge in [-0.15, -0.1) is 24.0 Å². The van der Waals surface area contributed by atoms with E-state index in [1.807, 2.05) is 25.2 Å². The summed E-state index contributed by atoms with van der Waals surface area (Å²) in [6, 6.07) is 18.7. The van der Waals surface area contributed by atoms with Crippen molar-refractivity contribution in [3.8, 4) is 0 Å². The van der Waals surface area contributed by atoms with Gasteiger partial charge < -0.3 is 15.4 Å². The molecule has 0 aromatic heterocycles. The predicted molar refractivity (Wildman–Crippen MR) is 128 cm³/mol. The standard InChI is InChI=1S/C22H28ClN3O.HI/c1-24-21(25-14-11-18-7-5-6-10-20(18)23)26-17-22(12-15-27-16-13-22)19-8-3-2-4-9-19;/h2-10H,11-17H2,1H3,(H2,24,25,26);1H. The minimum atomic E-state index is 0. The molecular weight excluding hydrogens is 485 g/mol. The second-order valence-corrected chi connectivity index (χ2v) is 7.36. The Labute approximate surface area is 190 Å². The van der Waals surface area contributed by atoms with Gasteiger partial charge in [0.25, 0.3) is 0 Å². The molecule has 2 aromatic carbocycles. The van der Waals surface area contributed by atoms with Crippen LogP contribution < -0.4 is 10.6 Å². The summed E-state index contributed by atoms with van der Waals surface area (Å²) in [5.74, 6) is 0.823. The van der Waals surface area contributed by atoms with Gasteiger partial charge in [-0.3, -0.25) is 4.99 Å². The first kappa shape index (κ1) is 23.0. The SMILES string of the molecule is CN=C(NCCc1ccccc1Cl)NCC1(c2ccccc2)CCOCC1.I. The molecule has 6 heteroatoms. The Morgan fingerprint density at radius 2 is 1.71 bits per heavy atom. The van der Waals surface area contributed by atoms with E-state index in [2.05, 4.69) is 52.0 Å². The van der Waals surface area contributed by atoms with E-state index in [0.717, 1.165) is 62.1 Å². The summed E-state index contributed by atoms with van der Waals surface area (Å²) in [5, 5.41) is 7.74. The van der Waals surface area contributed by atoms with E-state index in [9.17, 15) is 0 Å². The zero-order valence-corrected chi connectivity index (χ0v) is 19.4. The molecule has 1 saturated heterocycles. The van der Waals surface area contributed by atoms with Gasteiger partial charge in [0.2, 0.25) is 0 Å². The van der Waals surface area contributed by atoms with Crippen LogP contribution in [0.5, 0.6) is 0 Å². The van der Waals surface area contributed by atoms with Gasteiger partial charge in [-0.05, 0) is 36.5 Å². The van der Waals surface area contributed by atoms with E-state index in [1.165, 1.54) is 5.56 Å². The molecule has 1 aliphatic rings. The number of nitrogens with one attached hydrogen (secondary N) is 2. The van der Waals surface area contributed by atoms with Gasteiger partial charge in [0.15, 0.2) is 5.96 Å². The van der Waals surface area contributed by atoms with Gasteiger partial charge in [-0.2, -0.15) is 0 Å². The van der Waals surface area contributed by atoms with Crippen LogP contribution in [0.1, 0.15) is 24.0 Å². The van der Waals surface area contributed by atoms with Gasteiger partial charge in [0.05, 0.1) is 0 Å². The monoisotopic (exact) mass is 513 g/mol. The summed E-state index contributed by atoms with van der Waals surface area (Å²) in [7, 11) is 1.81. The number of benzene rings is 2. The van der Waals surface area contributed by atoms with Crippen LogP contribution in [0.4, 0.5) is 0 Å². The number of rotatable bonds is 6. The van der Waals surface area contributed by atoms with Crippen LogP contribution in [0, 0.1) is 0 Å². The first-order chi connectivity index (χ1) is 13.2. The fourth-order valence-corrected chi connectivity index (χ4v) is 3.84. The van der Waals surface area contributed by atoms with Crippen molar-refractivity contribution in [3.63, 3.8) is 0 Å². The first-order valence-corrected chi connectivity index (χ1v) is 9.92. The molecule has 1 heterocycles. The quantitative estimate of drug-likeness (QED) is 0.342. The molecule has 0 saturated carbocycles. The lowest BCUT2D eigenvalue weighted by Gasteiger charge is -2.38. The maximum Gasteiger partial charge on any atom is 0.191 e. The van der Waals surface area contributed by atoms with E-state index in [0.29, 0.717) is 0 Å². The van der Waals surface area contributed by atoms with Crippen LogP contribution in [0.25, 0.3) is 0 Å². The summed E-state index contributed by atoms with van der Waals surface area (Å²) in [5.41, 5.74) is 2.60. The molecule has 3 rings (SSSR count). The fraction of sp³-hybridized carbons (Fsp3) is 0.409. The Morgan fingerprint density at radius 3 is 2.39 bits per heavy atom. The van der Waals surface area contributed by atoms with Crippen LogP contribution in [0.3, 0.4) is 0 Å². The molecule has 0 radical (unpaired) electrons. The summed E-state index contributed by atoms with van der Waals surface area (Å²) in [4.78, 5) is 4.38. The third-order valence-electron chi connectivity index (χ3n) is 5.30. The van der Waals surface area contributed by atoms with Gasteiger partial charge in [-0.25, -0.2) is 0 Å². The Morgan fingerprint density at radius 1 is 1.04 bits per heavy atom. The molecule has 0 bridgehead atoms. The zero-order valence-electron chi connectivity index (χ0n) is 16.3. The number of guanidine groups is 1. The second kappa shape index (κ2) is 11.6. The highest BCUT2D eigenvalue weighted by atomic mass is 127. The van der Waals surface area contributed by atoms with E-state index >= 15 is 0 Å². The lowest BCUT2D eigenvalue weighted by molar-refractivity contribution is 0.0514. The lowest BCUT2D eigenvalue weighted by Crippen LogP contribution is -2.48. The molecule has 0 atom stereocenters. The van der Waals surface area contributed by atoms with E-state index in [1.54, 1.807) is 0 Å². The number of nitrogens with zero attached hydrogens (tertiary/aromatic N) is 1. The van der Waals surface area contributed by atoms with Crippen LogP contribution >= 0.6 is 35.6 Å². The van der Waals surface area contributed by atoms with Crippen molar-refractivity contribution in [2.75, 3.05) is 33.4 Å². The molecule has 0 aliphatic carbocycles. The molecule has 0 spiro atoms. The van der Waals surface area contributed by atoms with Crippen molar-refractivity contribution >= 4 is 41.5 Å².